The van der Waals surface area contributed by atoms with Gasteiger partial charge in [0.05, 0.1) is 50.1 Å². The van der Waals surface area contributed by atoms with Crippen molar-refractivity contribution in [2.75, 3.05) is 39.8 Å². The fourth-order valence-corrected chi connectivity index (χ4v) is 9.06. The van der Waals surface area contributed by atoms with Gasteiger partial charge in [0.1, 0.15) is 23.7 Å². The van der Waals surface area contributed by atoms with Crippen molar-refractivity contribution >= 4 is 47.5 Å². The summed E-state index contributed by atoms with van der Waals surface area (Å²) in [6.07, 6.45) is 7.96. The van der Waals surface area contributed by atoms with E-state index in [4.69, 9.17) is 19.4 Å². The molecule has 6 atom stereocenters. The van der Waals surface area contributed by atoms with Gasteiger partial charge in [0, 0.05) is 23.6 Å². The molecule has 2 aromatic heterocycles. The molecule has 310 valence electrons. The SMILES string of the molecule is COC(=O)N[C@H](C(=O)N1CC(SC)CC1c1ncc(-c2ccc(-c3ccc(-c4cnc(C5C[C@H](SC)CN5C(=O)[C@@H](NC(=O)OC)C(C)C)[nH]4)cc3)cc2)[nH]1)C(C)C. The van der Waals surface area contributed by atoms with Crippen LogP contribution in [0.5, 0.6) is 0 Å². The average Bonchev–Trinajstić information content (AvgIpc) is 4.07. The summed E-state index contributed by atoms with van der Waals surface area (Å²) in [4.78, 5) is 71.8. The highest BCUT2D eigenvalue weighted by atomic mass is 32.2. The third-order valence-electron chi connectivity index (χ3n) is 11.1. The Balaban J connectivity index is 1.14. The van der Waals surface area contributed by atoms with Gasteiger partial charge in [0.15, 0.2) is 0 Å². The van der Waals surface area contributed by atoms with Gasteiger partial charge >= 0.3 is 12.2 Å². The number of carbonyl (C=O) groups is 4. The molecule has 0 aliphatic carbocycles. The number of benzene rings is 2. The first-order chi connectivity index (χ1) is 27.8. The molecule has 0 radical (unpaired) electrons. The highest BCUT2D eigenvalue weighted by molar-refractivity contribution is 7.99. The molecule has 0 bridgehead atoms. The Bertz CT molecular complexity index is 1910. The quantitative estimate of drug-likeness (QED) is 0.111. The van der Waals surface area contributed by atoms with Crippen molar-refractivity contribution < 1.29 is 28.7 Å². The number of hydrogen-bond acceptors (Lipinski definition) is 10. The Morgan fingerprint density at radius 3 is 1.29 bits per heavy atom. The lowest BCUT2D eigenvalue weighted by atomic mass is 10.0. The van der Waals surface area contributed by atoms with E-state index in [0.29, 0.717) is 24.7 Å². The third kappa shape index (κ3) is 9.33. The van der Waals surface area contributed by atoms with E-state index in [1.54, 1.807) is 23.5 Å². The molecule has 6 rings (SSSR count). The summed E-state index contributed by atoms with van der Waals surface area (Å²) in [5.41, 5.74) is 5.75. The summed E-state index contributed by atoms with van der Waals surface area (Å²) >= 11 is 3.45. The molecule has 14 nitrogen and oxygen atoms in total. The topological polar surface area (TPSA) is 175 Å². The monoisotopic (exact) mass is 830 g/mol. The number of likely N-dealkylation sites (tertiary alicyclic amines) is 2. The van der Waals surface area contributed by atoms with Gasteiger partial charge in [-0.05, 0) is 59.4 Å². The number of aromatic amines is 2. The van der Waals surface area contributed by atoms with Crippen LogP contribution in [0.3, 0.4) is 0 Å². The number of nitrogens with one attached hydrogen (secondary N) is 4. The maximum atomic E-state index is 13.8. The van der Waals surface area contributed by atoms with Crippen molar-refractivity contribution in [1.29, 1.82) is 0 Å². The first-order valence-corrected chi connectivity index (χ1v) is 22.1. The van der Waals surface area contributed by atoms with Gasteiger partial charge in [0.25, 0.3) is 0 Å². The van der Waals surface area contributed by atoms with E-state index >= 15 is 0 Å². The lowest BCUT2D eigenvalue weighted by Crippen LogP contribution is -2.51. The van der Waals surface area contributed by atoms with E-state index in [1.807, 2.05) is 62.4 Å². The molecule has 0 spiro atoms. The summed E-state index contributed by atoms with van der Waals surface area (Å²) < 4.78 is 9.59. The number of amides is 4. The minimum absolute atomic E-state index is 0.122. The number of aromatic nitrogens is 4. The van der Waals surface area contributed by atoms with Crippen LogP contribution in [0.25, 0.3) is 33.6 Å². The summed E-state index contributed by atoms with van der Waals surface area (Å²) in [6.45, 7) is 8.76. The van der Waals surface area contributed by atoms with Crippen LogP contribution in [-0.4, -0.2) is 116 Å². The number of H-pyrrole nitrogens is 2. The second-order valence-corrected chi connectivity index (χ2v) is 17.7. The number of carbonyl (C=O) groups excluding carboxylic acids is 4. The van der Waals surface area contributed by atoms with Gasteiger partial charge in [-0.15, -0.1) is 0 Å². The molecule has 0 saturated carbocycles. The number of nitrogens with zero attached hydrogens (tertiary/aromatic N) is 4. The van der Waals surface area contributed by atoms with Gasteiger partial charge < -0.3 is 39.9 Å². The molecule has 4 N–H and O–H groups in total. The predicted octanol–water partition coefficient (Wildman–Crippen LogP) is 6.91. The summed E-state index contributed by atoms with van der Waals surface area (Å²) in [5, 5.41) is 5.93. The van der Waals surface area contributed by atoms with Crippen molar-refractivity contribution in [3.8, 4) is 33.6 Å². The van der Waals surface area contributed by atoms with Crippen LogP contribution in [0.4, 0.5) is 9.59 Å². The van der Waals surface area contributed by atoms with Crippen molar-refractivity contribution in [1.82, 2.24) is 40.4 Å². The first kappa shape index (κ1) is 42.6. The molecule has 4 aromatic rings. The second kappa shape index (κ2) is 18.7. The predicted molar refractivity (Wildman–Crippen MR) is 228 cm³/mol. The zero-order valence-corrected chi connectivity index (χ0v) is 35.9. The fraction of sp³-hybridized carbons (Fsp3) is 0.476. The summed E-state index contributed by atoms with van der Waals surface area (Å²) in [6, 6.07) is 14.6. The molecule has 2 fully saturated rings. The van der Waals surface area contributed by atoms with Crippen LogP contribution >= 0.6 is 23.5 Å². The van der Waals surface area contributed by atoms with Crippen molar-refractivity contribution in [2.24, 2.45) is 11.8 Å². The summed E-state index contributed by atoms with van der Waals surface area (Å²) in [7, 11) is 2.58. The number of hydrogen-bond donors (Lipinski definition) is 4. The maximum absolute atomic E-state index is 13.8. The smallest absolute Gasteiger partial charge is 0.407 e. The number of thioether (sulfide) groups is 2. The zero-order valence-electron chi connectivity index (χ0n) is 34.3. The average molecular weight is 831 g/mol. The number of alkyl carbamates (subject to hydrolysis) is 2. The Morgan fingerprint density at radius 2 is 0.983 bits per heavy atom. The highest BCUT2D eigenvalue weighted by Crippen LogP contribution is 2.39. The summed E-state index contributed by atoms with van der Waals surface area (Å²) in [5.74, 6) is 0.895. The Morgan fingerprint density at radius 1 is 0.638 bits per heavy atom. The van der Waals surface area contributed by atoms with E-state index < -0.39 is 24.3 Å². The van der Waals surface area contributed by atoms with Crippen LogP contribution in [0.2, 0.25) is 0 Å². The Kier molecular flexibility index (Phi) is 13.8. The number of rotatable bonds is 13. The van der Waals surface area contributed by atoms with Crippen LogP contribution in [0, 0.1) is 11.8 Å². The Hall–Kier alpha value is -4.96. The first-order valence-electron chi connectivity index (χ1n) is 19.5. The zero-order chi connectivity index (χ0) is 41.7. The fourth-order valence-electron chi connectivity index (χ4n) is 7.69. The highest BCUT2D eigenvalue weighted by Gasteiger charge is 2.42. The van der Waals surface area contributed by atoms with Crippen LogP contribution in [0.1, 0.15) is 64.3 Å². The van der Waals surface area contributed by atoms with Crippen LogP contribution in [0.15, 0.2) is 60.9 Å². The van der Waals surface area contributed by atoms with Gasteiger partial charge in [-0.25, -0.2) is 19.6 Å². The Labute approximate surface area is 348 Å². The molecule has 2 aliphatic heterocycles. The lowest BCUT2D eigenvalue weighted by molar-refractivity contribution is -0.136. The molecule has 58 heavy (non-hydrogen) atoms. The van der Waals surface area contributed by atoms with E-state index in [-0.39, 0.29) is 46.2 Å². The standard InChI is InChI=1S/C42H54N8O6S2/c1-23(2)35(47-41(53)55-5)39(51)49-21-29(57-7)17-33(49)37-43-19-31(45-37)27-13-9-25(10-14-27)26-11-15-28(16-12-26)32-20-44-38(46-32)34-18-30(58-8)22-50(34)40(52)36(24(3)4)48-42(54)56-6/h9-16,19-20,23-24,29-30,33-36H,17-18,21-22H2,1-8H3,(H,43,45)(H,44,46)(H,47,53)(H,48,54)/t29-,30?,33?,34?,35-,36-/m0/s1. The number of ether oxygens (including phenoxy) is 2. The number of methoxy groups -OCH3 is 2. The van der Waals surface area contributed by atoms with Gasteiger partial charge in [-0.3, -0.25) is 9.59 Å². The molecular formula is C42H54N8O6S2. The molecule has 2 saturated heterocycles. The van der Waals surface area contributed by atoms with Crippen molar-refractivity contribution in [3.63, 3.8) is 0 Å². The third-order valence-corrected chi connectivity index (χ3v) is 13.1. The van der Waals surface area contributed by atoms with E-state index in [0.717, 1.165) is 46.5 Å². The molecular weight excluding hydrogens is 777 g/mol. The van der Waals surface area contributed by atoms with Gasteiger partial charge in [0.2, 0.25) is 11.8 Å². The molecule has 4 heterocycles. The molecule has 16 heteroatoms. The lowest BCUT2D eigenvalue weighted by Gasteiger charge is -2.30. The van der Waals surface area contributed by atoms with E-state index in [1.165, 1.54) is 14.2 Å². The molecule has 2 aliphatic rings. The minimum atomic E-state index is -0.710. The van der Waals surface area contributed by atoms with E-state index in [2.05, 4.69) is 69.1 Å². The normalized spacial score (nSPS) is 20.3. The van der Waals surface area contributed by atoms with Crippen LogP contribution in [-0.2, 0) is 19.1 Å². The van der Waals surface area contributed by atoms with Gasteiger partial charge in [-0.2, -0.15) is 23.5 Å². The molecule has 4 amide bonds. The second-order valence-electron chi connectivity index (χ2n) is 15.4. The van der Waals surface area contributed by atoms with Gasteiger partial charge in [-0.1, -0.05) is 76.2 Å². The van der Waals surface area contributed by atoms with Crippen molar-refractivity contribution in [2.45, 2.75) is 75.2 Å². The largest absolute Gasteiger partial charge is 0.453 e. The molecule has 2 aromatic carbocycles. The molecule has 3 unspecified atom stereocenters. The van der Waals surface area contributed by atoms with Crippen molar-refractivity contribution in [3.05, 3.63) is 72.6 Å². The van der Waals surface area contributed by atoms with E-state index in [9.17, 15) is 19.2 Å². The maximum Gasteiger partial charge on any atom is 0.407 e. The van der Waals surface area contributed by atoms with Crippen LogP contribution < -0.4 is 10.6 Å². The minimum Gasteiger partial charge on any atom is -0.453 e. The number of imidazole rings is 2.